The van der Waals surface area contributed by atoms with Crippen LogP contribution < -0.4 is 5.32 Å². The zero-order chi connectivity index (χ0) is 12.9. The molecule has 0 fully saturated rings. The molecular formula is C12H19NO3S. The van der Waals surface area contributed by atoms with Crippen LogP contribution in [0.25, 0.3) is 0 Å². The number of hydrogen-bond donors (Lipinski definition) is 2. The summed E-state index contributed by atoms with van der Waals surface area (Å²) in [5, 5.41) is 12.1. The maximum Gasteiger partial charge on any atom is 0.180 e. The minimum absolute atomic E-state index is 0.139. The fourth-order valence-electron chi connectivity index (χ4n) is 1.52. The second-order valence-electron chi connectivity index (χ2n) is 4.04. The van der Waals surface area contributed by atoms with E-state index in [1.54, 1.807) is 31.2 Å². The monoisotopic (exact) mass is 257 g/mol. The molecule has 0 spiro atoms. The lowest BCUT2D eigenvalue weighted by Crippen LogP contribution is -2.17. The standard InChI is InChI=1S/C12H19NO3S/c1-3-8-17(15,16)12-7-5-4-6-11(12)13-9-10(2)14/h4-7,10,13-14H,3,8-9H2,1-2H3. The molecular weight excluding hydrogens is 238 g/mol. The van der Waals surface area contributed by atoms with Crippen LogP contribution in [0.2, 0.25) is 0 Å². The van der Waals surface area contributed by atoms with E-state index in [1.165, 1.54) is 0 Å². The van der Waals surface area contributed by atoms with Crippen molar-refractivity contribution in [3.63, 3.8) is 0 Å². The van der Waals surface area contributed by atoms with E-state index in [0.717, 1.165) is 0 Å². The average Bonchev–Trinajstić information content (AvgIpc) is 2.26. The summed E-state index contributed by atoms with van der Waals surface area (Å²) >= 11 is 0. The molecule has 0 saturated heterocycles. The third-order valence-electron chi connectivity index (χ3n) is 2.28. The molecule has 0 aliphatic carbocycles. The Bertz CT molecular complexity index is 455. The first-order chi connectivity index (χ1) is 7.97. The molecule has 1 atom stereocenters. The van der Waals surface area contributed by atoms with Crippen molar-refractivity contribution >= 4 is 15.5 Å². The summed E-state index contributed by atoms with van der Waals surface area (Å²) in [5.41, 5.74) is 0.557. The summed E-state index contributed by atoms with van der Waals surface area (Å²) in [6.07, 6.45) is 0.0736. The molecule has 17 heavy (non-hydrogen) atoms. The normalized spacial score (nSPS) is 13.4. The van der Waals surface area contributed by atoms with Crippen LogP contribution in [0.1, 0.15) is 20.3 Å². The van der Waals surface area contributed by atoms with Crippen LogP contribution in [0, 0.1) is 0 Å². The van der Waals surface area contributed by atoms with Crippen LogP contribution in [-0.2, 0) is 9.84 Å². The highest BCUT2D eigenvalue weighted by molar-refractivity contribution is 7.91. The number of aliphatic hydroxyl groups excluding tert-OH is 1. The van der Waals surface area contributed by atoms with Gasteiger partial charge in [0.05, 0.1) is 22.4 Å². The fourth-order valence-corrected chi connectivity index (χ4v) is 3.04. The van der Waals surface area contributed by atoms with E-state index in [1.807, 2.05) is 6.92 Å². The molecule has 2 N–H and O–H groups in total. The van der Waals surface area contributed by atoms with Gasteiger partial charge in [0.15, 0.2) is 9.84 Å². The molecule has 96 valence electrons. The van der Waals surface area contributed by atoms with E-state index in [4.69, 9.17) is 0 Å². The second kappa shape index (κ2) is 6.02. The van der Waals surface area contributed by atoms with Crippen molar-refractivity contribution in [1.29, 1.82) is 0 Å². The molecule has 1 rings (SSSR count). The summed E-state index contributed by atoms with van der Waals surface area (Å²) < 4.78 is 24.0. The summed E-state index contributed by atoms with van der Waals surface area (Å²) in [4.78, 5) is 0.308. The molecule has 0 aliphatic heterocycles. The SMILES string of the molecule is CCCS(=O)(=O)c1ccccc1NCC(C)O. The second-order valence-corrected chi connectivity index (χ2v) is 6.12. The van der Waals surface area contributed by atoms with Gasteiger partial charge in [-0.25, -0.2) is 8.42 Å². The highest BCUT2D eigenvalue weighted by atomic mass is 32.2. The maximum absolute atomic E-state index is 12.0. The molecule has 1 aromatic carbocycles. The van der Waals surface area contributed by atoms with Crippen LogP contribution in [0.5, 0.6) is 0 Å². The number of para-hydroxylation sites is 1. The Morgan fingerprint density at radius 1 is 1.35 bits per heavy atom. The predicted molar refractivity (Wildman–Crippen MR) is 69.0 cm³/mol. The molecule has 0 heterocycles. The number of sulfone groups is 1. The van der Waals surface area contributed by atoms with Crippen molar-refractivity contribution in [2.45, 2.75) is 31.3 Å². The van der Waals surface area contributed by atoms with Gasteiger partial charge in [0, 0.05) is 6.54 Å². The van der Waals surface area contributed by atoms with Gasteiger partial charge in [-0.05, 0) is 25.5 Å². The van der Waals surface area contributed by atoms with Gasteiger partial charge in [-0.3, -0.25) is 0 Å². The maximum atomic E-state index is 12.0. The minimum atomic E-state index is -3.23. The van der Waals surface area contributed by atoms with Gasteiger partial charge in [0.1, 0.15) is 0 Å². The van der Waals surface area contributed by atoms with E-state index in [0.29, 0.717) is 23.5 Å². The van der Waals surface area contributed by atoms with Crippen molar-refractivity contribution < 1.29 is 13.5 Å². The van der Waals surface area contributed by atoms with Gasteiger partial charge in [0.2, 0.25) is 0 Å². The number of anilines is 1. The summed E-state index contributed by atoms with van der Waals surface area (Å²) in [7, 11) is -3.23. The van der Waals surface area contributed by atoms with Gasteiger partial charge in [-0.2, -0.15) is 0 Å². The van der Waals surface area contributed by atoms with Crippen LogP contribution in [0.15, 0.2) is 29.2 Å². The lowest BCUT2D eigenvalue weighted by atomic mass is 10.3. The Morgan fingerprint density at radius 2 is 2.00 bits per heavy atom. The predicted octanol–water partition coefficient (Wildman–Crippen LogP) is 1.66. The molecule has 0 amide bonds. The largest absolute Gasteiger partial charge is 0.392 e. The Kier molecular flexibility index (Phi) is 4.96. The van der Waals surface area contributed by atoms with Gasteiger partial charge in [0.25, 0.3) is 0 Å². The van der Waals surface area contributed by atoms with E-state index >= 15 is 0 Å². The van der Waals surface area contributed by atoms with Crippen LogP contribution in [0.4, 0.5) is 5.69 Å². The Balaban J connectivity index is 2.99. The number of aliphatic hydroxyl groups is 1. The van der Waals surface area contributed by atoms with Gasteiger partial charge in [-0.1, -0.05) is 19.1 Å². The van der Waals surface area contributed by atoms with Crippen molar-refractivity contribution in [2.75, 3.05) is 17.6 Å². The van der Waals surface area contributed by atoms with E-state index in [-0.39, 0.29) is 5.75 Å². The number of hydrogen-bond acceptors (Lipinski definition) is 4. The molecule has 0 bridgehead atoms. The average molecular weight is 257 g/mol. The van der Waals surface area contributed by atoms with Crippen molar-refractivity contribution in [3.8, 4) is 0 Å². The number of nitrogens with one attached hydrogen (secondary N) is 1. The van der Waals surface area contributed by atoms with Gasteiger partial charge >= 0.3 is 0 Å². The number of benzene rings is 1. The molecule has 4 nitrogen and oxygen atoms in total. The first-order valence-corrected chi connectivity index (χ1v) is 7.36. The third kappa shape index (κ3) is 4.02. The van der Waals surface area contributed by atoms with Crippen molar-refractivity contribution in [2.24, 2.45) is 0 Å². The minimum Gasteiger partial charge on any atom is -0.392 e. The topological polar surface area (TPSA) is 66.4 Å². The summed E-state index contributed by atoms with van der Waals surface area (Å²) in [6, 6.07) is 6.78. The Hall–Kier alpha value is -1.07. The molecule has 0 aliphatic rings. The quantitative estimate of drug-likeness (QED) is 0.813. The molecule has 5 heteroatoms. The van der Waals surface area contributed by atoms with E-state index in [9.17, 15) is 13.5 Å². The highest BCUT2D eigenvalue weighted by Gasteiger charge is 2.17. The van der Waals surface area contributed by atoms with E-state index in [2.05, 4.69) is 5.32 Å². The molecule has 0 aromatic heterocycles. The lowest BCUT2D eigenvalue weighted by Gasteiger charge is -2.13. The fraction of sp³-hybridized carbons (Fsp3) is 0.500. The Labute approximate surface area is 103 Å². The van der Waals surface area contributed by atoms with Crippen molar-refractivity contribution in [1.82, 2.24) is 0 Å². The van der Waals surface area contributed by atoms with E-state index < -0.39 is 15.9 Å². The molecule has 1 aromatic rings. The zero-order valence-electron chi connectivity index (χ0n) is 10.2. The first-order valence-electron chi connectivity index (χ1n) is 5.71. The zero-order valence-corrected chi connectivity index (χ0v) is 11.0. The third-order valence-corrected chi connectivity index (χ3v) is 4.25. The van der Waals surface area contributed by atoms with Gasteiger partial charge < -0.3 is 10.4 Å². The summed E-state index contributed by atoms with van der Waals surface area (Å²) in [6.45, 7) is 3.82. The van der Waals surface area contributed by atoms with Crippen LogP contribution >= 0.6 is 0 Å². The van der Waals surface area contributed by atoms with Crippen LogP contribution in [0.3, 0.4) is 0 Å². The lowest BCUT2D eigenvalue weighted by molar-refractivity contribution is 0.208. The van der Waals surface area contributed by atoms with Crippen molar-refractivity contribution in [3.05, 3.63) is 24.3 Å². The molecule has 0 saturated carbocycles. The molecule has 1 unspecified atom stereocenters. The molecule has 0 radical (unpaired) electrons. The first kappa shape index (κ1) is 14.0. The van der Waals surface area contributed by atoms with Gasteiger partial charge in [-0.15, -0.1) is 0 Å². The smallest absolute Gasteiger partial charge is 0.180 e. The van der Waals surface area contributed by atoms with Crippen LogP contribution in [-0.4, -0.2) is 31.9 Å². The highest BCUT2D eigenvalue weighted by Crippen LogP contribution is 2.22. The summed E-state index contributed by atoms with van der Waals surface area (Å²) in [5.74, 6) is 0.139. The number of rotatable bonds is 6. The Morgan fingerprint density at radius 3 is 2.59 bits per heavy atom.